The molecule has 1 fully saturated rings. The van der Waals surface area contributed by atoms with Crippen LogP contribution in [-0.2, 0) is 5.60 Å². The Bertz CT molecular complexity index is 390. The molecule has 1 aliphatic carbocycles. The van der Waals surface area contributed by atoms with E-state index in [1.165, 1.54) is 0 Å². The van der Waals surface area contributed by atoms with E-state index >= 15 is 0 Å². The summed E-state index contributed by atoms with van der Waals surface area (Å²) in [5, 5.41) is 18.5. The molecule has 0 heterocycles. The molecule has 1 saturated carbocycles. The van der Waals surface area contributed by atoms with E-state index in [4.69, 9.17) is 5.26 Å². The maximum absolute atomic E-state index is 9.83. The van der Waals surface area contributed by atoms with Gasteiger partial charge < -0.3 is 5.11 Å². The van der Waals surface area contributed by atoms with Gasteiger partial charge in [-0.3, -0.25) is 0 Å². The van der Waals surface area contributed by atoms with Crippen molar-refractivity contribution in [2.45, 2.75) is 18.4 Å². The molecule has 0 unspecified atom stereocenters. The zero-order chi connectivity index (χ0) is 9.47. The standard InChI is InChI=1S/C10H8BrNO/c11-9-5-7(6-12)1-2-8(9)10(13)3-4-10/h1-2,5,13H,3-4H2. The van der Waals surface area contributed by atoms with Crippen LogP contribution < -0.4 is 0 Å². The van der Waals surface area contributed by atoms with Crippen molar-refractivity contribution in [2.24, 2.45) is 0 Å². The average molecular weight is 238 g/mol. The Labute approximate surface area is 84.9 Å². The Hall–Kier alpha value is -0.850. The summed E-state index contributed by atoms with van der Waals surface area (Å²) in [6.45, 7) is 0. The zero-order valence-corrected chi connectivity index (χ0v) is 8.50. The summed E-state index contributed by atoms with van der Waals surface area (Å²) in [5.74, 6) is 0. The second kappa shape index (κ2) is 2.83. The SMILES string of the molecule is N#Cc1ccc(C2(O)CC2)c(Br)c1. The minimum Gasteiger partial charge on any atom is -0.385 e. The maximum Gasteiger partial charge on any atom is 0.0992 e. The minimum atomic E-state index is -0.632. The summed E-state index contributed by atoms with van der Waals surface area (Å²) in [6, 6.07) is 7.34. The Kier molecular flexibility index (Phi) is 1.90. The van der Waals surface area contributed by atoms with Crippen LogP contribution in [0, 0.1) is 11.3 Å². The highest BCUT2D eigenvalue weighted by molar-refractivity contribution is 9.10. The summed E-state index contributed by atoms with van der Waals surface area (Å²) in [5.41, 5.74) is 0.874. The van der Waals surface area contributed by atoms with Crippen LogP contribution in [0.3, 0.4) is 0 Å². The lowest BCUT2D eigenvalue weighted by atomic mass is 10.1. The van der Waals surface area contributed by atoms with Crippen molar-refractivity contribution in [1.82, 2.24) is 0 Å². The number of nitriles is 1. The van der Waals surface area contributed by atoms with Crippen molar-refractivity contribution in [3.05, 3.63) is 33.8 Å². The van der Waals surface area contributed by atoms with Crippen molar-refractivity contribution in [2.75, 3.05) is 0 Å². The van der Waals surface area contributed by atoms with Gasteiger partial charge in [0.25, 0.3) is 0 Å². The van der Waals surface area contributed by atoms with Gasteiger partial charge in [-0.15, -0.1) is 0 Å². The fourth-order valence-electron chi connectivity index (χ4n) is 1.35. The first-order valence-corrected chi connectivity index (χ1v) is 4.87. The third kappa shape index (κ3) is 1.48. The van der Waals surface area contributed by atoms with E-state index < -0.39 is 5.60 Å². The predicted molar refractivity (Wildman–Crippen MR) is 52.0 cm³/mol. The van der Waals surface area contributed by atoms with Crippen molar-refractivity contribution >= 4 is 15.9 Å². The quantitative estimate of drug-likeness (QED) is 0.815. The molecule has 0 amide bonds. The van der Waals surface area contributed by atoms with Gasteiger partial charge in [-0.25, -0.2) is 0 Å². The summed E-state index contributed by atoms with van der Waals surface area (Å²) < 4.78 is 0.826. The highest BCUT2D eigenvalue weighted by Gasteiger charge is 2.43. The Morgan fingerprint density at radius 1 is 1.46 bits per heavy atom. The van der Waals surface area contributed by atoms with Gasteiger partial charge in [-0.2, -0.15) is 5.26 Å². The van der Waals surface area contributed by atoms with E-state index in [-0.39, 0.29) is 0 Å². The molecule has 66 valence electrons. The molecule has 0 aromatic heterocycles. The molecule has 1 aromatic rings. The fourth-order valence-corrected chi connectivity index (χ4v) is 2.10. The summed E-state index contributed by atoms with van der Waals surface area (Å²) in [6.07, 6.45) is 1.63. The van der Waals surface area contributed by atoms with Gasteiger partial charge in [0.05, 0.1) is 17.2 Å². The molecular formula is C10H8BrNO. The molecule has 3 heteroatoms. The van der Waals surface area contributed by atoms with Crippen LogP contribution >= 0.6 is 15.9 Å². The van der Waals surface area contributed by atoms with Gasteiger partial charge in [0.2, 0.25) is 0 Å². The highest BCUT2D eigenvalue weighted by atomic mass is 79.9. The van der Waals surface area contributed by atoms with Gasteiger partial charge in [0.15, 0.2) is 0 Å². The normalized spacial score (nSPS) is 17.9. The van der Waals surface area contributed by atoms with Crippen LogP contribution in [-0.4, -0.2) is 5.11 Å². The summed E-state index contributed by atoms with van der Waals surface area (Å²) in [7, 11) is 0. The first-order chi connectivity index (χ1) is 6.15. The van der Waals surface area contributed by atoms with Crippen molar-refractivity contribution < 1.29 is 5.11 Å². The number of benzene rings is 1. The number of hydrogen-bond donors (Lipinski definition) is 1. The molecule has 2 nitrogen and oxygen atoms in total. The van der Waals surface area contributed by atoms with Crippen LogP contribution in [0.4, 0.5) is 0 Å². The Balaban J connectivity index is 2.45. The van der Waals surface area contributed by atoms with E-state index in [0.717, 1.165) is 22.9 Å². The summed E-state index contributed by atoms with van der Waals surface area (Å²) in [4.78, 5) is 0. The van der Waals surface area contributed by atoms with Crippen molar-refractivity contribution in [3.63, 3.8) is 0 Å². The monoisotopic (exact) mass is 237 g/mol. The number of rotatable bonds is 1. The molecule has 0 spiro atoms. The van der Waals surface area contributed by atoms with E-state index in [1.54, 1.807) is 12.1 Å². The second-order valence-electron chi connectivity index (χ2n) is 3.34. The Morgan fingerprint density at radius 3 is 2.62 bits per heavy atom. The van der Waals surface area contributed by atoms with Gasteiger partial charge >= 0.3 is 0 Å². The van der Waals surface area contributed by atoms with E-state index in [0.29, 0.717) is 5.56 Å². The molecular weight excluding hydrogens is 230 g/mol. The largest absolute Gasteiger partial charge is 0.385 e. The maximum atomic E-state index is 9.83. The minimum absolute atomic E-state index is 0.611. The lowest BCUT2D eigenvalue weighted by Gasteiger charge is -2.09. The molecule has 1 N–H and O–H groups in total. The zero-order valence-electron chi connectivity index (χ0n) is 6.92. The van der Waals surface area contributed by atoms with Crippen LogP contribution in [0.2, 0.25) is 0 Å². The fraction of sp³-hybridized carbons (Fsp3) is 0.300. The van der Waals surface area contributed by atoms with Gasteiger partial charge in [-0.1, -0.05) is 22.0 Å². The lowest BCUT2D eigenvalue weighted by molar-refractivity contribution is 0.150. The molecule has 2 rings (SSSR count). The lowest BCUT2D eigenvalue weighted by Crippen LogP contribution is -2.04. The van der Waals surface area contributed by atoms with Gasteiger partial charge in [0.1, 0.15) is 0 Å². The number of halogens is 1. The number of nitrogens with zero attached hydrogens (tertiary/aromatic N) is 1. The van der Waals surface area contributed by atoms with E-state index in [9.17, 15) is 5.11 Å². The van der Waals surface area contributed by atoms with Crippen molar-refractivity contribution in [3.8, 4) is 6.07 Å². The molecule has 1 aliphatic rings. The Morgan fingerprint density at radius 2 is 2.15 bits per heavy atom. The molecule has 0 saturated heterocycles. The van der Waals surface area contributed by atoms with Crippen LogP contribution in [0.5, 0.6) is 0 Å². The topological polar surface area (TPSA) is 44.0 Å². The third-order valence-corrected chi connectivity index (χ3v) is 2.98. The number of hydrogen-bond acceptors (Lipinski definition) is 2. The predicted octanol–water partition coefficient (Wildman–Crippen LogP) is 2.30. The van der Waals surface area contributed by atoms with Gasteiger partial charge in [-0.05, 0) is 30.5 Å². The van der Waals surface area contributed by atoms with Crippen molar-refractivity contribution in [1.29, 1.82) is 5.26 Å². The molecule has 0 aliphatic heterocycles. The van der Waals surface area contributed by atoms with Crippen LogP contribution in [0.15, 0.2) is 22.7 Å². The molecule has 0 bridgehead atoms. The first kappa shape index (κ1) is 8.74. The molecule has 1 aromatic carbocycles. The van der Waals surface area contributed by atoms with Crippen LogP contribution in [0.1, 0.15) is 24.0 Å². The number of aliphatic hydroxyl groups is 1. The molecule has 0 radical (unpaired) electrons. The average Bonchev–Trinajstić information content (AvgIpc) is 2.84. The first-order valence-electron chi connectivity index (χ1n) is 4.08. The summed E-state index contributed by atoms with van der Waals surface area (Å²) >= 11 is 3.35. The van der Waals surface area contributed by atoms with E-state index in [1.807, 2.05) is 6.07 Å². The smallest absolute Gasteiger partial charge is 0.0992 e. The van der Waals surface area contributed by atoms with E-state index in [2.05, 4.69) is 22.0 Å². The van der Waals surface area contributed by atoms with Crippen LogP contribution in [0.25, 0.3) is 0 Å². The second-order valence-corrected chi connectivity index (χ2v) is 4.19. The molecule has 0 atom stereocenters. The highest BCUT2D eigenvalue weighted by Crippen LogP contribution is 2.47. The third-order valence-electron chi connectivity index (χ3n) is 2.32. The molecule has 13 heavy (non-hydrogen) atoms. The van der Waals surface area contributed by atoms with Gasteiger partial charge in [0, 0.05) is 4.47 Å².